The van der Waals surface area contributed by atoms with Gasteiger partial charge in [0.05, 0.1) is 18.0 Å². The normalized spacial score (nSPS) is 10.5. The largest absolute Gasteiger partial charge is 0.463 e. The van der Waals surface area contributed by atoms with Crippen LogP contribution >= 0.6 is 15.9 Å². The maximum atomic E-state index is 11.0. The molecule has 0 saturated heterocycles. The Bertz CT molecular complexity index is 391. The van der Waals surface area contributed by atoms with Gasteiger partial charge in [-0.1, -0.05) is 0 Å². The standard InChI is InChI=1S/C10H11BrN2O2/c1-2-15-9(14)4-3-8-10(12)7(11)5-6-13-8/h3-6H,2,12H2,1H3/b4-3+. The van der Waals surface area contributed by atoms with Gasteiger partial charge < -0.3 is 10.5 Å². The summed E-state index contributed by atoms with van der Waals surface area (Å²) in [6.45, 7) is 2.10. The molecule has 1 aromatic rings. The zero-order valence-electron chi connectivity index (χ0n) is 8.24. The number of pyridine rings is 1. The lowest BCUT2D eigenvalue weighted by Crippen LogP contribution is -1.99. The number of nitrogens with two attached hydrogens (primary N) is 1. The van der Waals surface area contributed by atoms with Crippen molar-refractivity contribution in [3.63, 3.8) is 0 Å². The van der Waals surface area contributed by atoms with Crippen molar-refractivity contribution in [2.45, 2.75) is 6.92 Å². The van der Waals surface area contributed by atoms with Crippen LogP contribution in [0.2, 0.25) is 0 Å². The highest BCUT2D eigenvalue weighted by Gasteiger charge is 2.01. The van der Waals surface area contributed by atoms with E-state index in [4.69, 9.17) is 10.5 Å². The van der Waals surface area contributed by atoms with E-state index >= 15 is 0 Å². The lowest BCUT2D eigenvalue weighted by Gasteiger charge is -2.01. The molecule has 1 heterocycles. The van der Waals surface area contributed by atoms with E-state index < -0.39 is 5.97 Å². The Balaban J connectivity index is 2.81. The Labute approximate surface area is 96.3 Å². The van der Waals surface area contributed by atoms with Crippen LogP contribution in [0.15, 0.2) is 22.8 Å². The molecule has 0 aromatic carbocycles. The van der Waals surface area contributed by atoms with Crippen molar-refractivity contribution >= 4 is 33.7 Å². The van der Waals surface area contributed by atoms with Crippen molar-refractivity contribution in [3.8, 4) is 0 Å². The van der Waals surface area contributed by atoms with Gasteiger partial charge in [-0.2, -0.15) is 0 Å². The first kappa shape index (κ1) is 11.7. The lowest BCUT2D eigenvalue weighted by atomic mass is 10.3. The maximum Gasteiger partial charge on any atom is 0.330 e. The molecular weight excluding hydrogens is 260 g/mol. The fourth-order valence-corrected chi connectivity index (χ4v) is 1.26. The van der Waals surface area contributed by atoms with Gasteiger partial charge in [0.15, 0.2) is 0 Å². The van der Waals surface area contributed by atoms with Gasteiger partial charge in [0.25, 0.3) is 0 Å². The van der Waals surface area contributed by atoms with Crippen molar-refractivity contribution < 1.29 is 9.53 Å². The van der Waals surface area contributed by atoms with E-state index in [0.29, 0.717) is 18.0 Å². The summed E-state index contributed by atoms with van der Waals surface area (Å²) in [5.74, 6) is -0.404. The van der Waals surface area contributed by atoms with Gasteiger partial charge in [-0.05, 0) is 35.0 Å². The molecule has 2 N–H and O–H groups in total. The molecule has 15 heavy (non-hydrogen) atoms. The summed E-state index contributed by atoms with van der Waals surface area (Å²) in [5, 5.41) is 0. The highest BCUT2D eigenvalue weighted by molar-refractivity contribution is 9.10. The van der Waals surface area contributed by atoms with E-state index in [2.05, 4.69) is 20.9 Å². The molecule has 0 saturated carbocycles. The molecule has 0 unspecified atom stereocenters. The zero-order valence-corrected chi connectivity index (χ0v) is 9.82. The van der Waals surface area contributed by atoms with Crippen molar-refractivity contribution in [1.82, 2.24) is 4.98 Å². The van der Waals surface area contributed by atoms with Gasteiger partial charge in [0.2, 0.25) is 0 Å². The molecule has 80 valence electrons. The number of aromatic nitrogens is 1. The van der Waals surface area contributed by atoms with Crippen LogP contribution in [-0.4, -0.2) is 17.6 Å². The van der Waals surface area contributed by atoms with E-state index in [1.54, 1.807) is 19.2 Å². The molecule has 0 amide bonds. The minimum atomic E-state index is -0.404. The van der Waals surface area contributed by atoms with Crippen LogP contribution in [0, 0.1) is 0 Å². The highest BCUT2D eigenvalue weighted by Crippen LogP contribution is 2.21. The van der Waals surface area contributed by atoms with Crippen LogP contribution in [-0.2, 0) is 9.53 Å². The summed E-state index contributed by atoms with van der Waals surface area (Å²) >= 11 is 3.27. The van der Waals surface area contributed by atoms with E-state index in [1.807, 2.05) is 0 Å². The van der Waals surface area contributed by atoms with Crippen molar-refractivity contribution in [2.75, 3.05) is 12.3 Å². The second-order valence-corrected chi connectivity index (χ2v) is 3.53. The Morgan fingerprint density at radius 2 is 2.47 bits per heavy atom. The van der Waals surface area contributed by atoms with Crippen LogP contribution in [0.25, 0.3) is 6.08 Å². The first-order valence-corrected chi connectivity index (χ1v) is 5.19. The Hall–Kier alpha value is -1.36. The number of nitrogens with zero attached hydrogens (tertiary/aromatic N) is 1. The summed E-state index contributed by atoms with van der Waals surface area (Å²) in [6, 6.07) is 1.73. The van der Waals surface area contributed by atoms with Crippen LogP contribution in [0.1, 0.15) is 12.6 Å². The Morgan fingerprint density at radius 1 is 1.73 bits per heavy atom. The number of hydrogen-bond donors (Lipinski definition) is 1. The maximum absolute atomic E-state index is 11.0. The number of nitrogen functional groups attached to an aromatic ring is 1. The van der Waals surface area contributed by atoms with Crippen molar-refractivity contribution in [3.05, 3.63) is 28.5 Å². The Morgan fingerprint density at radius 3 is 3.13 bits per heavy atom. The zero-order chi connectivity index (χ0) is 11.3. The van der Waals surface area contributed by atoms with Gasteiger partial charge in [-0.25, -0.2) is 4.79 Å². The number of rotatable bonds is 3. The molecule has 0 bridgehead atoms. The molecule has 0 fully saturated rings. The molecule has 1 aromatic heterocycles. The van der Waals surface area contributed by atoms with E-state index in [0.717, 1.165) is 4.47 Å². The molecular formula is C10H11BrN2O2. The third-order valence-corrected chi connectivity index (χ3v) is 2.32. The minimum absolute atomic E-state index is 0.352. The number of carbonyl (C=O) groups excluding carboxylic acids is 1. The monoisotopic (exact) mass is 270 g/mol. The molecule has 5 heteroatoms. The van der Waals surface area contributed by atoms with Crippen LogP contribution in [0.3, 0.4) is 0 Å². The molecule has 1 rings (SSSR count). The van der Waals surface area contributed by atoms with Crippen molar-refractivity contribution in [1.29, 1.82) is 0 Å². The molecule has 0 aliphatic rings. The van der Waals surface area contributed by atoms with Crippen molar-refractivity contribution in [2.24, 2.45) is 0 Å². The van der Waals surface area contributed by atoms with Gasteiger partial charge in [0.1, 0.15) is 0 Å². The first-order valence-electron chi connectivity index (χ1n) is 4.40. The van der Waals surface area contributed by atoms with Gasteiger partial charge in [-0.15, -0.1) is 0 Å². The second kappa shape index (κ2) is 5.50. The lowest BCUT2D eigenvalue weighted by molar-refractivity contribution is -0.137. The molecule has 4 nitrogen and oxygen atoms in total. The fraction of sp³-hybridized carbons (Fsp3) is 0.200. The summed E-state index contributed by atoms with van der Waals surface area (Å²) < 4.78 is 5.48. The number of anilines is 1. The quantitative estimate of drug-likeness (QED) is 0.674. The van der Waals surface area contributed by atoms with Gasteiger partial charge in [-0.3, -0.25) is 4.98 Å². The molecule has 0 spiro atoms. The number of hydrogen-bond acceptors (Lipinski definition) is 4. The molecule has 0 radical (unpaired) electrons. The van der Waals surface area contributed by atoms with E-state index in [1.165, 1.54) is 12.2 Å². The number of esters is 1. The third kappa shape index (κ3) is 3.36. The van der Waals surface area contributed by atoms with Crippen LogP contribution < -0.4 is 5.73 Å². The number of ether oxygens (including phenoxy) is 1. The predicted molar refractivity (Wildman–Crippen MR) is 62.0 cm³/mol. The minimum Gasteiger partial charge on any atom is -0.463 e. The third-order valence-electron chi connectivity index (χ3n) is 1.63. The molecule has 0 aliphatic carbocycles. The SMILES string of the molecule is CCOC(=O)/C=C/c1nccc(Br)c1N. The first-order chi connectivity index (χ1) is 7.15. The fourth-order valence-electron chi connectivity index (χ4n) is 0.935. The summed E-state index contributed by atoms with van der Waals surface area (Å²) in [7, 11) is 0. The van der Waals surface area contributed by atoms with Crippen LogP contribution in [0.5, 0.6) is 0 Å². The Kier molecular flexibility index (Phi) is 4.30. The van der Waals surface area contributed by atoms with E-state index in [-0.39, 0.29) is 0 Å². The van der Waals surface area contributed by atoms with Gasteiger partial charge >= 0.3 is 5.97 Å². The second-order valence-electron chi connectivity index (χ2n) is 2.68. The predicted octanol–water partition coefficient (Wildman–Crippen LogP) is 2.00. The summed E-state index contributed by atoms with van der Waals surface area (Å²) in [4.78, 5) is 15.0. The van der Waals surface area contributed by atoms with Crippen LogP contribution in [0.4, 0.5) is 5.69 Å². The average Bonchev–Trinajstić information content (AvgIpc) is 2.21. The summed E-state index contributed by atoms with van der Waals surface area (Å²) in [6.07, 6.45) is 4.43. The van der Waals surface area contributed by atoms with Gasteiger partial charge in [0, 0.05) is 16.7 Å². The number of halogens is 1. The number of carbonyl (C=O) groups is 1. The summed E-state index contributed by atoms with van der Waals surface area (Å²) in [5.41, 5.74) is 6.77. The highest BCUT2D eigenvalue weighted by atomic mass is 79.9. The topological polar surface area (TPSA) is 65.2 Å². The molecule has 0 aliphatic heterocycles. The smallest absolute Gasteiger partial charge is 0.330 e. The average molecular weight is 271 g/mol. The van der Waals surface area contributed by atoms with E-state index in [9.17, 15) is 4.79 Å². The molecule has 0 atom stereocenters.